The lowest BCUT2D eigenvalue weighted by Crippen LogP contribution is -2.37. The van der Waals surface area contributed by atoms with Gasteiger partial charge in [0.05, 0.1) is 5.75 Å². The molecule has 0 saturated heterocycles. The smallest absolute Gasteiger partial charge is 0.323 e. The van der Waals surface area contributed by atoms with E-state index < -0.39 is 15.8 Å². The van der Waals surface area contributed by atoms with E-state index in [9.17, 15) is 18.0 Å². The van der Waals surface area contributed by atoms with Gasteiger partial charge in [-0.05, 0) is 19.3 Å². The van der Waals surface area contributed by atoms with Gasteiger partial charge in [-0.3, -0.25) is 9.59 Å². The zero-order valence-electron chi connectivity index (χ0n) is 9.76. The molecule has 7 heteroatoms. The van der Waals surface area contributed by atoms with Gasteiger partial charge in [-0.1, -0.05) is 0 Å². The quantitative estimate of drug-likeness (QED) is 0.691. The van der Waals surface area contributed by atoms with Crippen LogP contribution in [0.15, 0.2) is 0 Å². The SMILES string of the molecule is CS(=O)(=O)CCCC(=O)N(CC(=O)O)C1CC1. The first-order chi connectivity index (χ1) is 7.79. The first kappa shape index (κ1) is 14.0. The molecule has 98 valence electrons. The largest absolute Gasteiger partial charge is 0.480 e. The highest BCUT2D eigenvalue weighted by molar-refractivity contribution is 7.90. The van der Waals surface area contributed by atoms with Crippen LogP contribution in [-0.2, 0) is 19.4 Å². The van der Waals surface area contributed by atoms with Gasteiger partial charge >= 0.3 is 5.97 Å². The highest BCUT2D eigenvalue weighted by Crippen LogP contribution is 2.27. The minimum Gasteiger partial charge on any atom is -0.480 e. The Morgan fingerprint density at radius 1 is 1.35 bits per heavy atom. The van der Waals surface area contributed by atoms with Crippen molar-refractivity contribution in [2.24, 2.45) is 0 Å². The molecule has 6 nitrogen and oxygen atoms in total. The average molecular weight is 263 g/mol. The van der Waals surface area contributed by atoms with Crippen molar-refractivity contribution in [3.63, 3.8) is 0 Å². The van der Waals surface area contributed by atoms with E-state index in [1.165, 1.54) is 4.90 Å². The van der Waals surface area contributed by atoms with Crippen LogP contribution in [0.5, 0.6) is 0 Å². The number of rotatable bonds is 7. The summed E-state index contributed by atoms with van der Waals surface area (Å²) < 4.78 is 21.8. The van der Waals surface area contributed by atoms with Crippen LogP contribution >= 0.6 is 0 Å². The second-order valence-electron chi connectivity index (χ2n) is 4.38. The Bertz CT molecular complexity index is 399. The number of aliphatic carboxylic acids is 1. The minimum absolute atomic E-state index is 0.0374. The van der Waals surface area contributed by atoms with E-state index in [-0.39, 0.29) is 37.1 Å². The second-order valence-corrected chi connectivity index (χ2v) is 6.64. The molecule has 0 aromatic heterocycles. The fraction of sp³-hybridized carbons (Fsp3) is 0.800. The topological polar surface area (TPSA) is 91.8 Å². The Morgan fingerprint density at radius 2 is 1.94 bits per heavy atom. The summed E-state index contributed by atoms with van der Waals surface area (Å²) in [5, 5.41) is 8.67. The molecule has 0 unspecified atom stereocenters. The van der Waals surface area contributed by atoms with Crippen LogP contribution in [0.25, 0.3) is 0 Å². The zero-order valence-corrected chi connectivity index (χ0v) is 10.6. The molecule has 0 aromatic rings. The van der Waals surface area contributed by atoms with Gasteiger partial charge in [0, 0.05) is 18.7 Å². The van der Waals surface area contributed by atoms with E-state index in [1.54, 1.807) is 0 Å². The van der Waals surface area contributed by atoms with Crippen molar-refractivity contribution in [1.29, 1.82) is 0 Å². The molecule has 0 radical (unpaired) electrons. The van der Waals surface area contributed by atoms with Crippen molar-refractivity contribution in [3.8, 4) is 0 Å². The summed E-state index contributed by atoms with van der Waals surface area (Å²) in [6, 6.07) is 0.0387. The summed E-state index contributed by atoms with van der Waals surface area (Å²) in [5.41, 5.74) is 0. The van der Waals surface area contributed by atoms with Crippen molar-refractivity contribution in [2.75, 3.05) is 18.6 Å². The normalized spacial score (nSPS) is 15.6. The maximum absolute atomic E-state index is 11.7. The molecule has 1 rings (SSSR count). The Hall–Kier alpha value is -1.11. The van der Waals surface area contributed by atoms with Crippen LogP contribution < -0.4 is 0 Å². The molecule has 17 heavy (non-hydrogen) atoms. The van der Waals surface area contributed by atoms with Gasteiger partial charge in [0.1, 0.15) is 16.4 Å². The van der Waals surface area contributed by atoms with Gasteiger partial charge in [-0.25, -0.2) is 8.42 Å². The number of hydrogen-bond acceptors (Lipinski definition) is 4. The van der Waals surface area contributed by atoms with Crippen LogP contribution in [0.1, 0.15) is 25.7 Å². The number of carboxylic acids is 1. The molecule has 0 spiro atoms. The molecule has 0 atom stereocenters. The summed E-state index contributed by atoms with van der Waals surface area (Å²) in [5.74, 6) is -1.34. The number of sulfone groups is 1. The molecule has 1 saturated carbocycles. The van der Waals surface area contributed by atoms with Gasteiger partial charge in [-0.2, -0.15) is 0 Å². The number of nitrogens with zero attached hydrogens (tertiary/aromatic N) is 1. The molecule has 0 bridgehead atoms. The number of carboxylic acid groups (broad SMARTS) is 1. The lowest BCUT2D eigenvalue weighted by molar-refractivity contribution is -0.144. The monoisotopic (exact) mass is 263 g/mol. The van der Waals surface area contributed by atoms with E-state index in [2.05, 4.69) is 0 Å². The van der Waals surface area contributed by atoms with Crippen LogP contribution in [0, 0.1) is 0 Å². The van der Waals surface area contributed by atoms with Crippen molar-refractivity contribution in [2.45, 2.75) is 31.7 Å². The Balaban J connectivity index is 2.40. The summed E-state index contributed by atoms with van der Waals surface area (Å²) in [7, 11) is -3.06. The Kier molecular flexibility index (Phi) is 4.50. The van der Waals surface area contributed by atoms with Crippen molar-refractivity contribution in [3.05, 3.63) is 0 Å². The third kappa shape index (κ3) is 5.67. The summed E-state index contributed by atoms with van der Waals surface area (Å²) >= 11 is 0. The number of carbonyl (C=O) groups is 2. The third-order valence-electron chi connectivity index (χ3n) is 2.52. The van der Waals surface area contributed by atoms with Crippen molar-refractivity contribution in [1.82, 2.24) is 4.90 Å². The van der Waals surface area contributed by atoms with E-state index in [1.807, 2.05) is 0 Å². The number of carbonyl (C=O) groups excluding carboxylic acids is 1. The summed E-state index contributed by atoms with van der Waals surface area (Å²) in [6.07, 6.45) is 3.14. The van der Waals surface area contributed by atoms with Crippen LogP contribution in [0.4, 0.5) is 0 Å². The molecule has 0 heterocycles. The van der Waals surface area contributed by atoms with E-state index >= 15 is 0 Å². The first-order valence-electron chi connectivity index (χ1n) is 5.48. The highest BCUT2D eigenvalue weighted by atomic mass is 32.2. The van der Waals surface area contributed by atoms with Crippen LogP contribution in [-0.4, -0.2) is 54.9 Å². The predicted octanol–water partition coefficient (Wildman–Crippen LogP) is -0.113. The fourth-order valence-corrected chi connectivity index (χ4v) is 2.25. The molecule has 1 aliphatic rings. The Labute approximate surface area is 101 Å². The van der Waals surface area contributed by atoms with Crippen LogP contribution in [0.2, 0.25) is 0 Å². The van der Waals surface area contributed by atoms with Gasteiger partial charge < -0.3 is 10.0 Å². The summed E-state index contributed by atoms with van der Waals surface area (Å²) in [4.78, 5) is 23.6. The fourth-order valence-electron chi connectivity index (χ4n) is 1.58. The van der Waals surface area contributed by atoms with E-state index in [4.69, 9.17) is 5.11 Å². The molecule has 0 aromatic carbocycles. The van der Waals surface area contributed by atoms with Crippen molar-refractivity contribution >= 4 is 21.7 Å². The predicted molar refractivity (Wildman–Crippen MR) is 61.3 cm³/mol. The lowest BCUT2D eigenvalue weighted by Gasteiger charge is -2.19. The highest BCUT2D eigenvalue weighted by Gasteiger charge is 2.33. The maximum Gasteiger partial charge on any atom is 0.323 e. The van der Waals surface area contributed by atoms with Gasteiger partial charge in [-0.15, -0.1) is 0 Å². The second kappa shape index (κ2) is 5.48. The zero-order chi connectivity index (χ0) is 13.1. The third-order valence-corrected chi connectivity index (χ3v) is 3.55. The molecule has 0 aliphatic heterocycles. The van der Waals surface area contributed by atoms with E-state index in [0.717, 1.165) is 19.1 Å². The lowest BCUT2D eigenvalue weighted by atomic mass is 10.3. The van der Waals surface area contributed by atoms with Gasteiger partial charge in [0.2, 0.25) is 5.91 Å². The Morgan fingerprint density at radius 3 is 2.35 bits per heavy atom. The number of amides is 1. The summed E-state index contributed by atoms with van der Waals surface area (Å²) in [6.45, 7) is -0.289. The molecule has 1 N–H and O–H groups in total. The van der Waals surface area contributed by atoms with Crippen LogP contribution in [0.3, 0.4) is 0 Å². The molecule has 1 amide bonds. The van der Waals surface area contributed by atoms with E-state index in [0.29, 0.717) is 0 Å². The maximum atomic E-state index is 11.7. The molecular weight excluding hydrogens is 246 g/mol. The molecule has 1 fully saturated rings. The first-order valence-corrected chi connectivity index (χ1v) is 7.54. The number of hydrogen-bond donors (Lipinski definition) is 1. The molecular formula is C10H17NO5S. The van der Waals surface area contributed by atoms with Gasteiger partial charge in [0.25, 0.3) is 0 Å². The molecule has 1 aliphatic carbocycles. The standard InChI is InChI=1S/C10H17NO5S/c1-17(15,16)6-2-3-9(12)11(7-10(13)14)8-4-5-8/h8H,2-7H2,1H3,(H,13,14). The average Bonchev–Trinajstić information content (AvgIpc) is 2.94. The minimum atomic E-state index is -3.06. The van der Waals surface area contributed by atoms with Gasteiger partial charge in [0.15, 0.2) is 0 Å². The van der Waals surface area contributed by atoms with Crippen molar-refractivity contribution < 1.29 is 23.1 Å².